The number of anilines is 1. The Morgan fingerprint density at radius 1 is 1.04 bits per heavy atom. The molecule has 0 aliphatic heterocycles. The van der Waals surface area contributed by atoms with Crippen LogP contribution in [0, 0.1) is 35.0 Å². The first kappa shape index (κ1) is 18.7. The van der Waals surface area contributed by atoms with Crippen molar-refractivity contribution in [3.8, 4) is 0 Å². The molecular weight excluding hydrogens is 346 g/mol. The van der Waals surface area contributed by atoms with Crippen molar-refractivity contribution < 1.29 is 9.90 Å². The molecule has 0 radical (unpaired) electrons. The first-order valence-electron chi connectivity index (χ1n) is 11.5. The molecule has 0 saturated heterocycles. The van der Waals surface area contributed by atoms with Crippen LogP contribution in [0.15, 0.2) is 24.3 Å². The zero-order valence-corrected chi connectivity index (χ0v) is 17.4. The van der Waals surface area contributed by atoms with Gasteiger partial charge in [0.25, 0.3) is 0 Å². The summed E-state index contributed by atoms with van der Waals surface area (Å²) in [5.41, 5.74) is 2.67. The van der Waals surface area contributed by atoms with E-state index in [-0.39, 0.29) is 11.5 Å². The average molecular weight is 382 g/mol. The average Bonchev–Trinajstić information content (AvgIpc) is 3.01. The van der Waals surface area contributed by atoms with Crippen molar-refractivity contribution in [1.29, 1.82) is 0 Å². The van der Waals surface area contributed by atoms with Gasteiger partial charge in [-0.05, 0) is 97.1 Å². The van der Waals surface area contributed by atoms with E-state index >= 15 is 0 Å². The van der Waals surface area contributed by atoms with Gasteiger partial charge >= 0.3 is 0 Å². The zero-order chi connectivity index (χ0) is 19.5. The molecule has 8 atom stereocenters. The number of aliphatic hydroxyl groups is 1. The van der Waals surface area contributed by atoms with Gasteiger partial charge in [-0.15, -0.1) is 0 Å². The van der Waals surface area contributed by atoms with Crippen LogP contribution < -0.4 is 5.32 Å². The third kappa shape index (κ3) is 2.76. The van der Waals surface area contributed by atoms with E-state index in [1.54, 1.807) is 0 Å². The minimum atomic E-state index is -0.150. The van der Waals surface area contributed by atoms with E-state index in [4.69, 9.17) is 0 Å². The number of nitrogens with one attached hydrogen (secondary N) is 1. The van der Waals surface area contributed by atoms with Crippen molar-refractivity contribution >= 4 is 11.5 Å². The molecule has 4 aliphatic carbocycles. The number of hydrogen-bond acceptors (Lipinski definition) is 3. The fraction of sp³-hybridized carbons (Fsp3) is 0.720. The minimum absolute atomic E-state index is 0.0604. The highest BCUT2D eigenvalue weighted by Crippen LogP contribution is 2.66. The molecule has 28 heavy (non-hydrogen) atoms. The van der Waals surface area contributed by atoms with Gasteiger partial charge in [-0.3, -0.25) is 4.79 Å². The molecule has 0 bridgehead atoms. The quantitative estimate of drug-likeness (QED) is 0.757. The lowest BCUT2D eigenvalue weighted by Crippen LogP contribution is -2.52. The Morgan fingerprint density at radius 3 is 2.57 bits per heavy atom. The SMILES string of the molecule is CNc1ccc([C@H]2C[C@@]3(C)C(CC[C@@H]3O)C3CC[C@H]4CC(=O)CC[C@@H]4C32)cc1. The molecule has 3 nitrogen and oxygen atoms in total. The van der Waals surface area contributed by atoms with Gasteiger partial charge in [-0.1, -0.05) is 19.1 Å². The second-order valence-corrected chi connectivity index (χ2v) is 10.4. The van der Waals surface area contributed by atoms with Crippen molar-refractivity contribution in [3.63, 3.8) is 0 Å². The second-order valence-electron chi connectivity index (χ2n) is 10.4. The van der Waals surface area contributed by atoms with Gasteiger partial charge in [0.2, 0.25) is 0 Å². The number of ketones is 1. The highest BCUT2D eigenvalue weighted by molar-refractivity contribution is 5.79. The number of carbonyl (C=O) groups excluding carboxylic acids is 1. The molecule has 4 saturated carbocycles. The normalized spacial score (nSPS) is 45.1. The first-order chi connectivity index (χ1) is 13.5. The topological polar surface area (TPSA) is 49.3 Å². The van der Waals surface area contributed by atoms with Crippen LogP contribution in [0.3, 0.4) is 0 Å². The molecule has 3 unspecified atom stereocenters. The monoisotopic (exact) mass is 381 g/mol. The van der Waals surface area contributed by atoms with Crippen LogP contribution in [0.2, 0.25) is 0 Å². The van der Waals surface area contributed by atoms with Gasteiger partial charge in [-0.2, -0.15) is 0 Å². The number of aliphatic hydroxyl groups excluding tert-OH is 1. The summed E-state index contributed by atoms with van der Waals surface area (Å²) < 4.78 is 0. The molecular formula is C25H35NO2. The van der Waals surface area contributed by atoms with E-state index < -0.39 is 0 Å². The Morgan fingerprint density at radius 2 is 1.82 bits per heavy atom. The molecule has 4 fully saturated rings. The van der Waals surface area contributed by atoms with Crippen LogP contribution in [-0.4, -0.2) is 24.0 Å². The third-order valence-corrected chi connectivity index (χ3v) is 9.34. The van der Waals surface area contributed by atoms with Crippen LogP contribution in [0.4, 0.5) is 5.69 Å². The molecule has 0 spiro atoms. The fourth-order valence-electron chi connectivity index (χ4n) is 8.00. The van der Waals surface area contributed by atoms with E-state index in [2.05, 4.69) is 36.5 Å². The Hall–Kier alpha value is -1.35. The minimum Gasteiger partial charge on any atom is -0.393 e. The van der Waals surface area contributed by atoms with E-state index in [0.29, 0.717) is 35.4 Å². The summed E-state index contributed by atoms with van der Waals surface area (Å²) in [6.07, 6.45) is 8.33. The number of fused-ring (bicyclic) bond motifs is 5. The number of hydrogen-bond donors (Lipinski definition) is 2. The molecule has 5 rings (SSSR count). The van der Waals surface area contributed by atoms with Crippen molar-refractivity contribution in [1.82, 2.24) is 0 Å². The Bertz CT molecular complexity index is 743. The predicted molar refractivity (Wildman–Crippen MR) is 112 cm³/mol. The highest BCUT2D eigenvalue weighted by atomic mass is 16.3. The van der Waals surface area contributed by atoms with Crippen molar-refractivity contribution in [2.24, 2.45) is 35.0 Å². The third-order valence-electron chi connectivity index (χ3n) is 9.34. The number of carbonyl (C=O) groups is 1. The molecule has 0 aromatic heterocycles. The van der Waals surface area contributed by atoms with E-state index in [1.807, 2.05) is 7.05 Å². The Labute approximate surface area is 169 Å². The van der Waals surface area contributed by atoms with Crippen molar-refractivity contribution in [2.45, 2.75) is 70.3 Å². The van der Waals surface area contributed by atoms with E-state index in [1.165, 1.54) is 24.8 Å². The highest BCUT2D eigenvalue weighted by Gasteiger charge is 2.60. The maximum absolute atomic E-state index is 12.1. The lowest BCUT2D eigenvalue weighted by Gasteiger charge is -2.58. The van der Waals surface area contributed by atoms with Crippen molar-refractivity contribution in [3.05, 3.63) is 29.8 Å². The maximum Gasteiger partial charge on any atom is 0.133 e. The second kappa shape index (κ2) is 6.86. The summed E-state index contributed by atoms with van der Waals surface area (Å²) in [6, 6.07) is 9.04. The first-order valence-corrected chi connectivity index (χ1v) is 11.5. The number of benzene rings is 1. The number of Topliss-reactive ketones (excluding diaryl/α,β-unsaturated/α-hetero) is 1. The summed E-state index contributed by atoms with van der Waals surface area (Å²) in [4.78, 5) is 12.1. The van der Waals surface area contributed by atoms with Gasteiger partial charge in [0.1, 0.15) is 5.78 Å². The van der Waals surface area contributed by atoms with Crippen LogP contribution >= 0.6 is 0 Å². The zero-order valence-electron chi connectivity index (χ0n) is 17.4. The smallest absolute Gasteiger partial charge is 0.133 e. The molecule has 2 N–H and O–H groups in total. The molecule has 4 aliphatic rings. The summed E-state index contributed by atoms with van der Waals surface area (Å²) >= 11 is 0. The van der Waals surface area contributed by atoms with Crippen LogP contribution in [0.5, 0.6) is 0 Å². The van der Waals surface area contributed by atoms with Gasteiger partial charge in [0, 0.05) is 25.6 Å². The summed E-state index contributed by atoms with van der Waals surface area (Å²) in [5.74, 6) is 4.40. The Balaban J connectivity index is 1.54. The van der Waals surface area contributed by atoms with Crippen LogP contribution in [0.1, 0.15) is 69.8 Å². The van der Waals surface area contributed by atoms with Gasteiger partial charge in [0.05, 0.1) is 6.10 Å². The largest absolute Gasteiger partial charge is 0.393 e. The molecule has 152 valence electrons. The van der Waals surface area contributed by atoms with Crippen molar-refractivity contribution in [2.75, 3.05) is 12.4 Å². The van der Waals surface area contributed by atoms with E-state index in [0.717, 1.165) is 43.7 Å². The molecule has 1 aromatic carbocycles. The van der Waals surface area contributed by atoms with Crippen LogP contribution in [0.25, 0.3) is 0 Å². The molecule has 1 aromatic rings. The predicted octanol–water partition coefficient (Wildman–Crippen LogP) is 5.00. The fourth-order valence-corrected chi connectivity index (χ4v) is 8.00. The molecule has 0 amide bonds. The maximum atomic E-state index is 12.1. The summed E-state index contributed by atoms with van der Waals surface area (Å²) in [7, 11) is 1.97. The van der Waals surface area contributed by atoms with Gasteiger partial charge < -0.3 is 10.4 Å². The van der Waals surface area contributed by atoms with E-state index in [9.17, 15) is 9.90 Å². The summed E-state index contributed by atoms with van der Waals surface area (Å²) in [5, 5.41) is 14.2. The standard InChI is InChI=1S/C25H35NO2/c1-25-14-21(15-3-6-17(26-2)7-4-15)24-19-10-8-18(27)13-16(19)5-9-20(24)22(25)11-12-23(25)28/h3-4,6-7,16,19-24,26,28H,5,8-14H2,1-2H3/t16-,19-,20?,21+,22?,23-,24?,25-/m0/s1. The van der Waals surface area contributed by atoms with Gasteiger partial charge in [-0.25, -0.2) is 0 Å². The molecule has 3 heteroatoms. The van der Waals surface area contributed by atoms with Crippen LogP contribution in [-0.2, 0) is 4.79 Å². The Kier molecular flexibility index (Phi) is 4.58. The number of rotatable bonds is 2. The lowest BCUT2D eigenvalue weighted by atomic mass is 9.46. The molecule has 0 heterocycles. The lowest BCUT2D eigenvalue weighted by molar-refractivity contribution is -0.130. The summed E-state index contributed by atoms with van der Waals surface area (Å²) in [6.45, 7) is 2.37. The van der Waals surface area contributed by atoms with Gasteiger partial charge in [0.15, 0.2) is 0 Å².